The zero-order chi connectivity index (χ0) is 12.8. The Labute approximate surface area is 105 Å². The summed E-state index contributed by atoms with van der Waals surface area (Å²) in [5, 5.41) is 26.6. The molecule has 90 valence electrons. The maximum Gasteiger partial charge on any atom is 0.124 e. The van der Waals surface area contributed by atoms with Gasteiger partial charge in [0.25, 0.3) is 0 Å². The Morgan fingerprint density at radius 1 is 0.667 bits per heavy atom. The highest BCUT2D eigenvalue weighted by Crippen LogP contribution is 2.14. The van der Waals surface area contributed by atoms with Crippen molar-refractivity contribution in [1.29, 1.82) is 0 Å². The molecule has 0 aliphatic carbocycles. The van der Waals surface area contributed by atoms with E-state index in [2.05, 4.69) is 10.2 Å². The van der Waals surface area contributed by atoms with Crippen molar-refractivity contribution in [2.75, 3.05) is 0 Å². The summed E-state index contributed by atoms with van der Waals surface area (Å²) in [7, 11) is 0. The molecule has 0 radical (unpaired) electrons. The molecule has 2 aromatic carbocycles. The van der Waals surface area contributed by atoms with Gasteiger partial charge in [0.15, 0.2) is 0 Å². The molecule has 0 saturated heterocycles. The highest BCUT2D eigenvalue weighted by atomic mass is 16.3. The highest BCUT2D eigenvalue weighted by Gasteiger charge is 1.95. The van der Waals surface area contributed by atoms with E-state index < -0.39 is 0 Å². The lowest BCUT2D eigenvalue weighted by Crippen LogP contribution is -1.82. The van der Waals surface area contributed by atoms with Crippen LogP contribution in [-0.2, 0) is 0 Å². The van der Waals surface area contributed by atoms with Crippen LogP contribution in [0.3, 0.4) is 0 Å². The Morgan fingerprint density at radius 2 is 1.06 bits per heavy atom. The van der Waals surface area contributed by atoms with E-state index in [1.807, 2.05) is 0 Å². The summed E-state index contributed by atoms with van der Waals surface area (Å²) >= 11 is 0. The van der Waals surface area contributed by atoms with Gasteiger partial charge < -0.3 is 10.2 Å². The van der Waals surface area contributed by atoms with Crippen molar-refractivity contribution in [3.8, 4) is 11.5 Å². The first kappa shape index (κ1) is 11.9. The molecule has 4 heteroatoms. The number of hydrogen-bond acceptors (Lipinski definition) is 4. The molecule has 0 aromatic heterocycles. The second kappa shape index (κ2) is 5.63. The van der Waals surface area contributed by atoms with Crippen LogP contribution >= 0.6 is 0 Å². The minimum absolute atomic E-state index is 0.152. The zero-order valence-electron chi connectivity index (χ0n) is 9.56. The molecule has 0 saturated carbocycles. The maximum atomic E-state index is 9.49. The Hall–Kier alpha value is -2.62. The van der Waals surface area contributed by atoms with E-state index >= 15 is 0 Å². The first-order valence-corrected chi connectivity index (χ1v) is 5.40. The molecule has 0 aliphatic heterocycles. The number of para-hydroxylation sites is 2. The average molecular weight is 240 g/mol. The lowest BCUT2D eigenvalue weighted by atomic mass is 10.2. The van der Waals surface area contributed by atoms with Gasteiger partial charge in [-0.15, -0.1) is 0 Å². The van der Waals surface area contributed by atoms with Crippen LogP contribution in [0.25, 0.3) is 0 Å². The minimum Gasteiger partial charge on any atom is -0.507 e. The first-order valence-electron chi connectivity index (χ1n) is 5.40. The summed E-state index contributed by atoms with van der Waals surface area (Å²) in [4.78, 5) is 0. The van der Waals surface area contributed by atoms with Crippen LogP contribution in [0.4, 0.5) is 0 Å². The predicted molar refractivity (Wildman–Crippen MR) is 71.4 cm³/mol. The largest absolute Gasteiger partial charge is 0.507 e. The number of rotatable bonds is 3. The Morgan fingerprint density at radius 3 is 1.44 bits per heavy atom. The summed E-state index contributed by atoms with van der Waals surface area (Å²) in [6, 6.07) is 13.7. The second-order valence-electron chi connectivity index (χ2n) is 3.61. The van der Waals surface area contributed by atoms with Crippen LogP contribution in [0.2, 0.25) is 0 Å². The van der Waals surface area contributed by atoms with E-state index in [1.165, 1.54) is 12.4 Å². The molecule has 0 unspecified atom stereocenters. The molecule has 0 fully saturated rings. The van der Waals surface area contributed by atoms with Crippen LogP contribution in [0, 0.1) is 0 Å². The number of phenolic OH excluding ortho intramolecular Hbond substituents is 2. The van der Waals surface area contributed by atoms with E-state index in [9.17, 15) is 10.2 Å². The first-order chi connectivity index (χ1) is 8.77. The third-order valence-electron chi connectivity index (χ3n) is 2.33. The summed E-state index contributed by atoms with van der Waals surface area (Å²) in [5.74, 6) is 0.304. The lowest BCUT2D eigenvalue weighted by molar-refractivity contribution is 0.474. The van der Waals surface area contributed by atoms with Crippen LogP contribution in [0.1, 0.15) is 11.1 Å². The maximum absolute atomic E-state index is 9.49. The highest BCUT2D eigenvalue weighted by molar-refractivity contribution is 5.86. The molecule has 0 heterocycles. The molecule has 0 atom stereocenters. The van der Waals surface area contributed by atoms with Gasteiger partial charge in [-0.2, -0.15) is 10.2 Å². The second-order valence-corrected chi connectivity index (χ2v) is 3.61. The van der Waals surface area contributed by atoms with Gasteiger partial charge in [0.1, 0.15) is 11.5 Å². The number of hydrogen-bond donors (Lipinski definition) is 2. The fourth-order valence-electron chi connectivity index (χ4n) is 1.38. The summed E-state index contributed by atoms with van der Waals surface area (Å²) in [6.07, 6.45) is 2.90. The lowest BCUT2D eigenvalue weighted by Gasteiger charge is -1.95. The quantitative estimate of drug-likeness (QED) is 0.639. The van der Waals surface area contributed by atoms with Crippen molar-refractivity contribution in [3.05, 3.63) is 59.7 Å². The van der Waals surface area contributed by atoms with Gasteiger partial charge in [-0.3, -0.25) is 0 Å². The SMILES string of the molecule is Oc1ccccc1/C=N\N=C\c1ccccc1O. The number of benzene rings is 2. The zero-order valence-corrected chi connectivity index (χ0v) is 9.56. The molecular formula is C14H12N2O2. The standard InChI is InChI=1S/C14H12N2O2/c17-13-7-3-1-5-11(13)9-15-16-10-12-6-2-4-8-14(12)18/h1-10,17-18H/b15-9-,16-10+. The molecule has 2 rings (SSSR count). The molecule has 18 heavy (non-hydrogen) atoms. The summed E-state index contributed by atoms with van der Waals surface area (Å²) in [6.45, 7) is 0. The van der Waals surface area contributed by atoms with Gasteiger partial charge in [0.2, 0.25) is 0 Å². The summed E-state index contributed by atoms with van der Waals surface area (Å²) in [5.41, 5.74) is 1.18. The van der Waals surface area contributed by atoms with Gasteiger partial charge in [-0.05, 0) is 24.3 Å². The minimum atomic E-state index is 0.152. The van der Waals surface area contributed by atoms with Crippen molar-refractivity contribution in [3.63, 3.8) is 0 Å². The van der Waals surface area contributed by atoms with Crippen molar-refractivity contribution < 1.29 is 10.2 Å². The van der Waals surface area contributed by atoms with Crippen molar-refractivity contribution >= 4 is 12.4 Å². The van der Waals surface area contributed by atoms with E-state index in [1.54, 1.807) is 48.5 Å². The third-order valence-corrected chi connectivity index (χ3v) is 2.33. The van der Waals surface area contributed by atoms with Crippen LogP contribution < -0.4 is 0 Å². The Kier molecular flexibility index (Phi) is 3.71. The van der Waals surface area contributed by atoms with Gasteiger partial charge in [0, 0.05) is 11.1 Å². The molecule has 0 spiro atoms. The van der Waals surface area contributed by atoms with E-state index in [0.29, 0.717) is 11.1 Å². The van der Waals surface area contributed by atoms with E-state index in [-0.39, 0.29) is 11.5 Å². The van der Waals surface area contributed by atoms with Crippen molar-refractivity contribution in [2.45, 2.75) is 0 Å². The van der Waals surface area contributed by atoms with Crippen LogP contribution in [0.5, 0.6) is 11.5 Å². The number of nitrogens with zero attached hydrogens (tertiary/aromatic N) is 2. The number of aromatic hydroxyl groups is 2. The molecule has 2 aromatic rings. The average Bonchev–Trinajstić information content (AvgIpc) is 2.38. The molecular weight excluding hydrogens is 228 g/mol. The topological polar surface area (TPSA) is 65.2 Å². The molecule has 0 aliphatic rings. The number of phenols is 2. The van der Waals surface area contributed by atoms with E-state index in [4.69, 9.17) is 0 Å². The molecule has 2 N–H and O–H groups in total. The molecule has 0 bridgehead atoms. The van der Waals surface area contributed by atoms with Crippen molar-refractivity contribution in [2.24, 2.45) is 10.2 Å². The van der Waals surface area contributed by atoms with Crippen molar-refractivity contribution in [1.82, 2.24) is 0 Å². The Bertz CT molecular complexity index is 538. The van der Waals surface area contributed by atoms with E-state index in [0.717, 1.165) is 0 Å². The normalized spacial score (nSPS) is 11.3. The molecule has 0 amide bonds. The fraction of sp³-hybridized carbons (Fsp3) is 0. The van der Waals surface area contributed by atoms with Crippen LogP contribution in [0.15, 0.2) is 58.7 Å². The third kappa shape index (κ3) is 2.95. The molecule has 4 nitrogen and oxygen atoms in total. The smallest absolute Gasteiger partial charge is 0.124 e. The van der Waals surface area contributed by atoms with Gasteiger partial charge in [-0.25, -0.2) is 0 Å². The fourth-order valence-corrected chi connectivity index (χ4v) is 1.38. The Balaban J connectivity index is 2.08. The van der Waals surface area contributed by atoms with Crippen LogP contribution in [-0.4, -0.2) is 22.6 Å². The predicted octanol–water partition coefficient (Wildman–Crippen LogP) is 2.55. The van der Waals surface area contributed by atoms with Gasteiger partial charge >= 0.3 is 0 Å². The van der Waals surface area contributed by atoms with Gasteiger partial charge in [0.05, 0.1) is 12.4 Å². The summed E-state index contributed by atoms with van der Waals surface area (Å²) < 4.78 is 0. The monoisotopic (exact) mass is 240 g/mol. The van der Waals surface area contributed by atoms with Gasteiger partial charge in [-0.1, -0.05) is 24.3 Å².